The first kappa shape index (κ1) is 70.6. The SMILES string of the molecule is C1=CC(=C(c2ccccc2)c2ccccc2)C=C1.CCCC1=CC(=C(C)C)C=C1.CCCC1=CC(=C(c2ccccc2)c2ccccc2)C=C1.CCCC1=CC(=C(c2ccccc2)c2ccccc2)C=C1.CCCC1=CCc2ccccc21.C[Si](C)(C)C1=CCc2ccccc21. The average molecular weight is 1270 g/mol. The van der Waals surface area contributed by atoms with E-state index in [0.717, 1.165) is 25.7 Å². The highest BCUT2D eigenvalue weighted by Gasteiger charge is 2.25. The summed E-state index contributed by atoms with van der Waals surface area (Å²) in [6, 6.07) is 81.3. The Morgan fingerprint density at radius 1 is 0.302 bits per heavy atom. The molecule has 0 unspecified atom stereocenters. The Morgan fingerprint density at radius 2 is 0.604 bits per heavy atom. The van der Waals surface area contributed by atoms with Gasteiger partial charge in [-0.25, -0.2) is 0 Å². The summed E-state index contributed by atoms with van der Waals surface area (Å²) in [7, 11) is -1.11. The standard InChI is InChI=1S/2C21H20.C18H14.C12H16Si.C12H14.C11H16/c2*1-2-9-17-14-15-20(16-17)21(18-10-5-3-6-11-18)19-12-7-4-8-13-19;1-3-9-15(10-4-1)18(17-13-7-8-14-17)16-11-5-2-6-12-16;1-13(2,3)12-9-8-10-6-4-5-7-11(10)12;1-2-5-10-8-9-11-6-3-4-7-12(10)11;1-4-5-10-6-7-11(8-10)9(2)3/h2*3-8,10-16H,2,9H2,1H3;1-14H;4-7,9H,8H2,1-3H3;3-4,6-8H,2,5,9H2,1H3;6-8H,4-5H2,1-3H3. The molecule has 14 rings (SSSR count). The molecule has 484 valence electrons. The van der Waals surface area contributed by atoms with Gasteiger partial charge < -0.3 is 0 Å². The molecule has 0 atom stereocenters. The fraction of sp³-hybridized carbons (Fsp3) is 0.200. The summed E-state index contributed by atoms with van der Waals surface area (Å²) in [5, 5.41) is 1.64. The Bertz CT molecular complexity index is 4010. The lowest BCUT2D eigenvalue weighted by Gasteiger charge is -2.19. The monoisotopic (exact) mass is 1270 g/mol. The van der Waals surface area contributed by atoms with E-state index in [0.29, 0.717) is 0 Å². The molecule has 0 spiro atoms. The van der Waals surface area contributed by atoms with Crippen LogP contribution in [0.2, 0.25) is 19.6 Å². The minimum atomic E-state index is -1.11. The van der Waals surface area contributed by atoms with E-state index in [1.165, 1.54) is 155 Å². The zero-order valence-electron chi connectivity index (χ0n) is 58.7. The first-order valence-corrected chi connectivity index (χ1v) is 38.8. The minimum Gasteiger partial charge on any atom is -0.0803 e. The fourth-order valence-electron chi connectivity index (χ4n) is 13.0. The van der Waals surface area contributed by atoms with Crippen LogP contribution in [-0.2, 0) is 12.8 Å². The molecule has 0 radical (unpaired) electrons. The van der Waals surface area contributed by atoms with Gasteiger partial charge in [0, 0.05) is 0 Å². The molecule has 6 aliphatic carbocycles. The van der Waals surface area contributed by atoms with Crippen molar-refractivity contribution >= 4 is 35.6 Å². The van der Waals surface area contributed by atoms with Crippen LogP contribution in [0.25, 0.3) is 27.5 Å². The second-order valence-corrected chi connectivity index (χ2v) is 31.4. The molecular weight excluding hydrogens is 1170 g/mol. The predicted molar refractivity (Wildman–Crippen MR) is 424 cm³/mol. The van der Waals surface area contributed by atoms with Crippen LogP contribution in [0.1, 0.15) is 149 Å². The van der Waals surface area contributed by atoms with Crippen molar-refractivity contribution in [3.8, 4) is 0 Å². The third-order valence-corrected chi connectivity index (χ3v) is 19.7. The van der Waals surface area contributed by atoms with Gasteiger partial charge in [-0.3, -0.25) is 0 Å². The van der Waals surface area contributed by atoms with Crippen molar-refractivity contribution in [2.75, 3.05) is 0 Å². The van der Waals surface area contributed by atoms with Crippen LogP contribution in [-0.4, -0.2) is 8.07 Å². The summed E-state index contributed by atoms with van der Waals surface area (Å²) in [6.45, 7) is 20.5. The van der Waals surface area contributed by atoms with Gasteiger partial charge in [0.25, 0.3) is 0 Å². The zero-order chi connectivity index (χ0) is 67.3. The van der Waals surface area contributed by atoms with Crippen molar-refractivity contribution in [1.29, 1.82) is 0 Å². The van der Waals surface area contributed by atoms with E-state index in [4.69, 9.17) is 0 Å². The third-order valence-electron chi connectivity index (χ3n) is 17.6. The van der Waals surface area contributed by atoms with Crippen LogP contribution >= 0.6 is 0 Å². The lowest BCUT2D eigenvalue weighted by atomic mass is 9.93. The highest BCUT2D eigenvalue weighted by molar-refractivity contribution is 6.93. The molecular formula is C95H100Si. The van der Waals surface area contributed by atoms with Crippen molar-refractivity contribution in [2.45, 2.75) is 125 Å². The van der Waals surface area contributed by atoms with Crippen LogP contribution in [0, 0.1) is 0 Å². The maximum Gasteiger partial charge on any atom is 0.0779 e. The van der Waals surface area contributed by atoms with Gasteiger partial charge in [0.15, 0.2) is 0 Å². The molecule has 8 aromatic carbocycles. The first-order valence-electron chi connectivity index (χ1n) is 35.3. The molecule has 96 heavy (non-hydrogen) atoms. The Kier molecular flexibility index (Phi) is 27.1. The zero-order valence-corrected chi connectivity index (χ0v) is 59.7. The lowest BCUT2D eigenvalue weighted by molar-refractivity contribution is 0.929. The Labute approximate surface area is 579 Å². The maximum absolute atomic E-state index is 2.43. The van der Waals surface area contributed by atoms with Crippen LogP contribution in [0.15, 0.2) is 366 Å². The Morgan fingerprint density at radius 3 is 0.948 bits per heavy atom. The van der Waals surface area contributed by atoms with E-state index < -0.39 is 8.07 Å². The van der Waals surface area contributed by atoms with Crippen LogP contribution in [0.5, 0.6) is 0 Å². The van der Waals surface area contributed by atoms with Crippen molar-refractivity contribution < 1.29 is 0 Å². The van der Waals surface area contributed by atoms with Gasteiger partial charge in [-0.2, -0.15) is 0 Å². The molecule has 0 N–H and O–H groups in total. The van der Waals surface area contributed by atoms with Crippen LogP contribution in [0.3, 0.4) is 0 Å². The van der Waals surface area contributed by atoms with E-state index in [9.17, 15) is 0 Å². The van der Waals surface area contributed by atoms with Crippen LogP contribution < -0.4 is 0 Å². The smallest absolute Gasteiger partial charge is 0.0779 e. The van der Waals surface area contributed by atoms with Gasteiger partial charge in [-0.1, -0.05) is 405 Å². The van der Waals surface area contributed by atoms with Gasteiger partial charge in [0.1, 0.15) is 0 Å². The molecule has 0 fully saturated rings. The number of allylic oxidation sites excluding steroid dienone is 24. The molecule has 0 bridgehead atoms. The normalized spacial score (nSPS) is 13.9. The molecule has 6 aliphatic rings. The van der Waals surface area contributed by atoms with Crippen molar-refractivity contribution in [1.82, 2.24) is 0 Å². The molecule has 8 aromatic rings. The number of benzene rings is 8. The minimum absolute atomic E-state index is 1.11. The van der Waals surface area contributed by atoms with Gasteiger partial charge in [-0.05, 0) is 169 Å². The summed E-state index contributed by atoms with van der Waals surface area (Å²) in [5.74, 6) is 0. The summed E-state index contributed by atoms with van der Waals surface area (Å²) < 4.78 is 0. The highest BCUT2D eigenvalue weighted by atomic mass is 28.3. The molecule has 0 amide bonds. The number of hydrogen-bond acceptors (Lipinski definition) is 0. The summed E-state index contributed by atoms with van der Waals surface area (Å²) in [6.07, 6.45) is 45.6. The molecule has 0 nitrogen and oxygen atoms in total. The maximum atomic E-state index is 2.43. The van der Waals surface area contributed by atoms with Gasteiger partial charge in [0.05, 0.1) is 8.07 Å². The topological polar surface area (TPSA) is 0 Å². The largest absolute Gasteiger partial charge is 0.0803 e. The quantitative estimate of drug-likeness (QED) is 0.0898. The third kappa shape index (κ3) is 20.2. The van der Waals surface area contributed by atoms with E-state index in [-0.39, 0.29) is 0 Å². The lowest BCUT2D eigenvalue weighted by Crippen LogP contribution is -2.21. The summed E-state index contributed by atoms with van der Waals surface area (Å²) >= 11 is 0. The molecule has 0 heterocycles. The fourth-order valence-corrected chi connectivity index (χ4v) is 14.7. The van der Waals surface area contributed by atoms with Gasteiger partial charge >= 0.3 is 0 Å². The Balaban J connectivity index is 0.000000138. The van der Waals surface area contributed by atoms with Crippen LogP contribution in [0.4, 0.5) is 0 Å². The number of hydrogen-bond donors (Lipinski definition) is 0. The second kappa shape index (κ2) is 36.9. The van der Waals surface area contributed by atoms with E-state index in [2.05, 4.69) is 383 Å². The van der Waals surface area contributed by atoms with E-state index in [1.54, 1.807) is 10.8 Å². The second-order valence-electron chi connectivity index (χ2n) is 26.3. The molecule has 0 saturated heterocycles. The highest BCUT2D eigenvalue weighted by Crippen LogP contribution is 2.37. The van der Waals surface area contributed by atoms with Gasteiger partial charge in [0.2, 0.25) is 0 Å². The number of rotatable bonds is 15. The summed E-state index contributed by atoms with van der Waals surface area (Å²) in [5.41, 5.74) is 30.2. The van der Waals surface area contributed by atoms with Gasteiger partial charge in [-0.15, -0.1) is 0 Å². The first-order chi connectivity index (χ1) is 47.0. The molecule has 0 aliphatic heterocycles. The van der Waals surface area contributed by atoms with Crippen molar-refractivity contribution in [3.05, 3.63) is 422 Å². The molecule has 1 heteroatoms. The Hall–Kier alpha value is -9.66. The molecule has 0 saturated carbocycles. The van der Waals surface area contributed by atoms with Crippen molar-refractivity contribution in [3.63, 3.8) is 0 Å². The molecule has 0 aromatic heterocycles. The summed E-state index contributed by atoms with van der Waals surface area (Å²) in [4.78, 5) is 0. The number of fused-ring (bicyclic) bond motifs is 2. The van der Waals surface area contributed by atoms with E-state index >= 15 is 0 Å². The average Bonchev–Trinajstić information content (AvgIpc) is 1.48. The van der Waals surface area contributed by atoms with E-state index in [1.807, 2.05) is 0 Å². The van der Waals surface area contributed by atoms with Crippen molar-refractivity contribution in [2.24, 2.45) is 0 Å². The predicted octanol–water partition coefficient (Wildman–Crippen LogP) is 26.7.